The van der Waals surface area contributed by atoms with Crippen LogP contribution in [0, 0.1) is 11.9 Å². The van der Waals surface area contributed by atoms with Crippen molar-refractivity contribution >= 4 is 5.82 Å². The van der Waals surface area contributed by atoms with Gasteiger partial charge in [0.05, 0.1) is 0 Å². The fourth-order valence-electron chi connectivity index (χ4n) is 1.46. The topological polar surface area (TPSA) is 16.1 Å². The number of nitrogens with zero attached hydrogens (tertiary/aromatic N) is 2. The summed E-state index contributed by atoms with van der Waals surface area (Å²) in [6.45, 7) is 8.22. The first kappa shape index (κ1) is 12.0. The maximum atomic E-state index is 12.9. The Kier molecular flexibility index (Phi) is 4.53. The number of halogens is 1. The zero-order valence-electron chi connectivity index (χ0n) is 9.70. The summed E-state index contributed by atoms with van der Waals surface area (Å²) in [5.74, 6) is 0.933. The van der Waals surface area contributed by atoms with Gasteiger partial charge in [0.25, 0.3) is 0 Å². The molecule has 2 nitrogen and oxygen atoms in total. The van der Waals surface area contributed by atoms with Crippen LogP contribution in [0.15, 0.2) is 18.2 Å². The summed E-state index contributed by atoms with van der Waals surface area (Å²) >= 11 is 0. The van der Waals surface area contributed by atoms with Crippen LogP contribution >= 0.6 is 0 Å². The molecule has 0 fully saturated rings. The monoisotopic (exact) mass is 210 g/mol. The molecule has 1 heterocycles. The van der Waals surface area contributed by atoms with E-state index < -0.39 is 5.95 Å². The molecule has 0 aliphatic carbocycles. The molecule has 0 saturated heterocycles. The van der Waals surface area contributed by atoms with Crippen molar-refractivity contribution in [3.8, 4) is 0 Å². The number of pyridine rings is 1. The summed E-state index contributed by atoms with van der Waals surface area (Å²) in [4.78, 5) is 6.00. The third kappa shape index (κ3) is 3.50. The minimum absolute atomic E-state index is 0.407. The fourth-order valence-corrected chi connectivity index (χ4v) is 1.46. The molecule has 0 spiro atoms. The van der Waals surface area contributed by atoms with Crippen molar-refractivity contribution in [3.05, 3.63) is 24.1 Å². The second-order valence-electron chi connectivity index (χ2n) is 3.87. The maximum Gasteiger partial charge on any atom is 0.214 e. The highest BCUT2D eigenvalue weighted by Crippen LogP contribution is 2.14. The fraction of sp³-hybridized carbons (Fsp3) is 0.583. The largest absolute Gasteiger partial charge is 0.357 e. The van der Waals surface area contributed by atoms with Crippen LogP contribution in [0.5, 0.6) is 0 Å². The van der Waals surface area contributed by atoms with Gasteiger partial charge < -0.3 is 4.90 Å². The Morgan fingerprint density at radius 2 is 2.13 bits per heavy atom. The molecule has 15 heavy (non-hydrogen) atoms. The summed E-state index contributed by atoms with van der Waals surface area (Å²) in [5.41, 5.74) is 0. The molecule has 0 radical (unpaired) electrons. The van der Waals surface area contributed by atoms with Gasteiger partial charge in [-0.1, -0.05) is 26.3 Å². The van der Waals surface area contributed by atoms with Crippen LogP contribution in [-0.4, -0.2) is 18.1 Å². The zero-order chi connectivity index (χ0) is 11.3. The first-order chi connectivity index (χ1) is 7.17. The van der Waals surface area contributed by atoms with Gasteiger partial charge in [0, 0.05) is 13.1 Å². The third-order valence-corrected chi connectivity index (χ3v) is 2.64. The molecule has 0 bridgehead atoms. The van der Waals surface area contributed by atoms with Gasteiger partial charge in [-0.05, 0) is 25.0 Å². The van der Waals surface area contributed by atoms with Gasteiger partial charge in [-0.25, -0.2) is 4.98 Å². The van der Waals surface area contributed by atoms with E-state index in [4.69, 9.17) is 0 Å². The smallest absolute Gasteiger partial charge is 0.214 e. The lowest BCUT2D eigenvalue weighted by molar-refractivity contribution is 0.537. The first-order valence-corrected chi connectivity index (χ1v) is 5.54. The molecule has 0 saturated carbocycles. The highest BCUT2D eigenvalue weighted by atomic mass is 19.1. The average Bonchev–Trinajstić information content (AvgIpc) is 2.25. The second kappa shape index (κ2) is 5.69. The predicted octanol–water partition coefficient (Wildman–Crippen LogP) is 3.09. The summed E-state index contributed by atoms with van der Waals surface area (Å²) < 4.78 is 12.9. The number of rotatable bonds is 5. The van der Waals surface area contributed by atoms with Gasteiger partial charge in [0.1, 0.15) is 5.82 Å². The molecule has 3 heteroatoms. The van der Waals surface area contributed by atoms with E-state index in [1.807, 2.05) is 6.07 Å². The number of hydrogen-bond donors (Lipinski definition) is 0. The standard InChI is InChI=1S/C12H19FN2/c1-4-10(3)9-15(5-2)12-8-6-7-11(13)14-12/h6-8,10H,4-5,9H2,1-3H3. The van der Waals surface area contributed by atoms with Gasteiger partial charge in [-0.3, -0.25) is 0 Å². The van der Waals surface area contributed by atoms with Crippen LogP contribution in [0.25, 0.3) is 0 Å². The van der Waals surface area contributed by atoms with Crippen molar-refractivity contribution in [2.24, 2.45) is 5.92 Å². The van der Waals surface area contributed by atoms with Crippen LogP contribution in [0.2, 0.25) is 0 Å². The first-order valence-electron chi connectivity index (χ1n) is 5.54. The average molecular weight is 210 g/mol. The van der Waals surface area contributed by atoms with Crippen molar-refractivity contribution in [1.82, 2.24) is 4.98 Å². The molecule has 84 valence electrons. The van der Waals surface area contributed by atoms with E-state index >= 15 is 0 Å². The maximum absolute atomic E-state index is 12.9. The van der Waals surface area contributed by atoms with E-state index in [0.29, 0.717) is 5.92 Å². The SMILES string of the molecule is CCC(C)CN(CC)c1cccc(F)n1. The predicted molar refractivity (Wildman–Crippen MR) is 61.5 cm³/mol. The Morgan fingerprint density at radius 3 is 2.67 bits per heavy atom. The highest BCUT2D eigenvalue weighted by Gasteiger charge is 2.09. The summed E-state index contributed by atoms with van der Waals surface area (Å²) in [6.07, 6.45) is 1.13. The molecule has 0 aliphatic heterocycles. The Bertz CT molecular complexity index is 301. The molecular weight excluding hydrogens is 191 g/mol. The van der Waals surface area contributed by atoms with E-state index in [1.54, 1.807) is 6.07 Å². The minimum atomic E-state index is -0.407. The van der Waals surface area contributed by atoms with E-state index in [0.717, 1.165) is 25.3 Å². The zero-order valence-corrected chi connectivity index (χ0v) is 9.70. The van der Waals surface area contributed by atoms with E-state index in [-0.39, 0.29) is 0 Å². The van der Waals surface area contributed by atoms with Gasteiger partial charge >= 0.3 is 0 Å². The van der Waals surface area contributed by atoms with Gasteiger partial charge in [0.2, 0.25) is 5.95 Å². The molecule has 0 aliphatic rings. The number of hydrogen-bond acceptors (Lipinski definition) is 2. The lowest BCUT2D eigenvalue weighted by atomic mass is 10.1. The van der Waals surface area contributed by atoms with Crippen LogP contribution < -0.4 is 4.90 Å². The van der Waals surface area contributed by atoms with Crippen LogP contribution in [0.4, 0.5) is 10.2 Å². The number of aromatic nitrogens is 1. The molecule has 1 atom stereocenters. The minimum Gasteiger partial charge on any atom is -0.357 e. The van der Waals surface area contributed by atoms with Gasteiger partial charge in [-0.15, -0.1) is 0 Å². The quantitative estimate of drug-likeness (QED) is 0.694. The summed E-state index contributed by atoms with van der Waals surface area (Å²) in [7, 11) is 0. The Balaban J connectivity index is 2.73. The highest BCUT2D eigenvalue weighted by molar-refractivity contribution is 5.37. The summed E-state index contributed by atoms with van der Waals surface area (Å²) in [6, 6.07) is 4.94. The lowest BCUT2D eigenvalue weighted by Crippen LogP contribution is -2.28. The molecule has 1 unspecified atom stereocenters. The Hall–Kier alpha value is -1.12. The molecule has 0 N–H and O–H groups in total. The Morgan fingerprint density at radius 1 is 1.40 bits per heavy atom. The molecule has 1 rings (SSSR count). The van der Waals surface area contributed by atoms with Crippen molar-refractivity contribution < 1.29 is 4.39 Å². The van der Waals surface area contributed by atoms with Crippen LogP contribution in [-0.2, 0) is 0 Å². The van der Waals surface area contributed by atoms with E-state index in [9.17, 15) is 4.39 Å². The third-order valence-electron chi connectivity index (χ3n) is 2.64. The van der Waals surface area contributed by atoms with Gasteiger partial charge in [-0.2, -0.15) is 4.39 Å². The molecule has 1 aromatic heterocycles. The van der Waals surface area contributed by atoms with E-state index in [1.165, 1.54) is 6.07 Å². The van der Waals surface area contributed by atoms with Gasteiger partial charge in [0.15, 0.2) is 0 Å². The van der Waals surface area contributed by atoms with E-state index in [2.05, 4.69) is 30.7 Å². The van der Waals surface area contributed by atoms with Crippen molar-refractivity contribution in [2.45, 2.75) is 27.2 Å². The van der Waals surface area contributed by atoms with Crippen LogP contribution in [0.1, 0.15) is 27.2 Å². The molecule has 1 aromatic rings. The lowest BCUT2D eigenvalue weighted by Gasteiger charge is -2.24. The van der Waals surface area contributed by atoms with Crippen molar-refractivity contribution in [2.75, 3.05) is 18.0 Å². The molecule has 0 amide bonds. The van der Waals surface area contributed by atoms with Crippen molar-refractivity contribution in [3.63, 3.8) is 0 Å². The van der Waals surface area contributed by atoms with Crippen molar-refractivity contribution in [1.29, 1.82) is 0 Å². The number of anilines is 1. The molecular formula is C12H19FN2. The molecule has 0 aromatic carbocycles. The second-order valence-corrected chi connectivity index (χ2v) is 3.87. The summed E-state index contributed by atoms with van der Waals surface area (Å²) in [5, 5.41) is 0. The normalized spacial score (nSPS) is 12.5. The Labute approximate surface area is 91.1 Å². The van der Waals surface area contributed by atoms with Crippen LogP contribution in [0.3, 0.4) is 0 Å².